The van der Waals surface area contributed by atoms with Gasteiger partial charge < -0.3 is 20.1 Å². The van der Waals surface area contributed by atoms with Crippen LogP contribution in [0.2, 0.25) is 0 Å². The number of rotatable bonds is 5. The Morgan fingerprint density at radius 3 is 2.69 bits per heavy atom. The van der Waals surface area contributed by atoms with Crippen LogP contribution in [-0.4, -0.2) is 60.5 Å². The van der Waals surface area contributed by atoms with Gasteiger partial charge in [-0.1, -0.05) is 30.3 Å². The summed E-state index contributed by atoms with van der Waals surface area (Å²) in [6, 6.07) is 14.6. The van der Waals surface area contributed by atoms with Gasteiger partial charge in [-0.05, 0) is 80.6 Å². The molecule has 0 bridgehead atoms. The maximum Gasteiger partial charge on any atom is 0.256 e. The number of fused-ring (bicyclic) bond motifs is 2. The van der Waals surface area contributed by atoms with Crippen molar-refractivity contribution in [3.8, 4) is 11.1 Å². The Labute approximate surface area is 212 Å². The molecule has 1 fully saturated rings. The summed E-state index contributed by atoms with van der Waals surface area (Å²) in [6.45, 7) is 5.87. The van der Waals surface area contributed by atoms with Gasteiger partial charge in [0.2, 0.25) is 0 Å². The first-order valence-electron chi connectivity index (χ1n) is 13.1. The molecule has 36 heavy (non-hydrogen) atoms. The molecule has 6 heteroatoms. The van der Waals surface area contributed by atoms with Gasteiger partial charge in [0, 0.05) is 54.4 Å². The first-order valence-corrected chi connectivity index (χ1v) is 13.1. The fourth-order valence-corrected chi connectivity index (χ4v) is 5.94. The molecule has 1 amide bonds. The number of benzene rings is 2. The van der Waals surface area contributed by atoms with Crippen LogP contribution in [0.4, 0.5) is 10.1 Å². The molecule has 186 valence electrons. The molecule has 1 saturated heterocycles. The van der Waals surface area contributed by atoms with Crippen molar-refractivity contribution in [1.82, 2.24) is 14.8 Å². The predicted octanol–water partition coefficient (Wildman–Crippen LogP) is 5.06. The Bertz CT molecular complexity index is 1320. The Morgan fingerprint density at radius 1 is 1.06 bits per heavy atom. The number of piperazine rings is 1. The number of amides is 1. The lowest BCUT2D eigenvalue weighted by atomic mass is 9.85. The quantitative estimate of drug-likeness (QED) is 0.498. The van der Waals surface area contributed by atoms with Gasteiger partial charge in [-0.3, -0.25) is 4.79 Å². The lowest BCUT2D eigenvalue weighted by Crippen LogP contribution is -2.45. The number of H-pyrrole nitrogens is 1. The number of carbonyl (C=O) groups excluding carboxylic acids is 1. The highest BCUT2D eigenvalue weighted by Gasteiger charge is 2.29. The van der Waals surface area contributed by atoms with Crippen molar-refractivity contribution in [1.29, 1.82) is 0 Å². The molecule has 2 N–H and O–H groups in total. The van der Waals surface area contributed by atoms with Crippen LogP contribution >= 0.6 is 0 Å². The van der Waals surface area contributed by atoms with E-state index in [9.17, 15) is 9.18 Å². The molecule has 2 aromatic carbocycles. The van der Waals surface area contributed by atoms with Crippen molar-refractivity contribution in [3.05, 3.63) is 76.9 Å². The number of aromatic nitrogens is 1. The minimum absolute atomic E-state index is 0.147. The topological polar surface area (TPSA) is 51.4 Å². The van der Waals surface area contributed by atoms with Gasteiger partial charge in [0.25, 0.3) is 5.91 Å². The van der Waals surface area contributed by atoms with Crippen LogP contribution in [0.15, 0.2) is 48.5 Å². The van der Waals surface area contributed by atoms with Gasteiger partial charge in [-0.25, -0.2) is 4.39 Å². The second-order valence-corrected chi connectivity index (χ2v) is 10.5. The van der Waals surface area contributed by atoms with E-state index in [4.69, 9.17) is 0 Å². The lowest BCUT2D eigenvalue weighted by molar-refractivity contribution is -0.110. The summed E-state index contributed by atoms with van der Waals surface area (Å²) >= 11 is 0. The van der Waals surface area contributed by atoms with Gasteiger partial charge in [0.05, 0.1) is 5.57 Å². The Balaban J connectivity index is 1.22. The van der Waals surface area contributed by atoms with Crippen LogP contribution in [0.25, 0.3) is 22.8 Å². The first-order chi connectivity index (χ1) is 17.5. The molecule has 2 aliphatic heterocycles. The van der Waals surface area contributed by atoms with Gasteiger partial charge in [-0.2, -0.15) is 0 Å². The van der Waals surface area contributed by atoms with E-state index < -0.39 is 0 Å². The standard InChI is InChI=1S/C30H33FN4O/c1-34-13-15-35(16-14-34)12-11-20-9-10-27-21(17-20)18-22(32-27)19-25-29-24(23-5-2-3-7-26(23)31)6-4-8-28(29)33-30(25)36/h2-8,18-20,32H,9-17H2,1H3,(H,33,36). The number of aromatic amines is 1. The fourth-order valence-electron chi connectivity index (χ4n) is 5.94. The molecule has 1 aromatic heterocycles. The molecular weight excluding hydrogens is 451 g/mol. The van der Waals surface area contributed by atoms with Crippen LogP contribution in [-0.2, 0) is 17.6 Å². The summed E-state index contributed by atoms with van der Waals surface area (Å²) in [6.07, 6.45) is 6.52. The zero-order valence-electron chi connectivity index (χ0n) is 20.8. The summed E-state index contributed by atoms with van der Waals surface area (Å²) < 4.78 is 14.6. The summed E-state index contributed by atoms with van der Waals surface area (Å²) in [5.74, 6) is 0.269. The number of nitrogens with one attached hydrogen (secondary N) is 2. The molecule has 3 aromatic rings. The normalized spacial score (nSPS) is 21.4. The van der Waals surface area contributed by atoms with Gasteiger partial charge >= 0.3 is 0 Å². The Hall–Kier alpha value is -3.22. The largest absolute Gasteiger partial charge is 0.359 e. The maximum absolute atomic E-state index is 14.6. The zero-order chi connectivity index (χ0) is 24.6. The molecule has 0 radical (unpaired) electrons. The second-order valence-electron chi connectivity index (χ2n) is 10.5. The van der Waals surface area contributed by atoms with Crippen molar-refractivity contribution in [3.63, 3.8) is 0 Å². The van der Waals surface area contributed by atoms with Gasteiger partial charge in [-0.15, -0.1) is 0 Å². The highest BCUT2D eigenvalue weighted by atomic mass is 19.1. The number of carbonyl (C=O) groups is 1. The molecular formula is C30H33FN4O. The number of anilines is 1. The maximum atomic E-state index is 14.6. The van der Waals surface area contributed by atoms with Crippen molar-refractivity contribution < 1.29 is 9.18 Å². The molecule has 6 rings (SSSR count). The highest BCUT2D eigenvalue weighted by Crippen LogP contribution is 2.41. The molecule has 1 unspecified atom stereocenters. The third-order valence-electron chi connectivity index (χ3n) is 8.06. The number of halogens is 1. The Morgan fingerprint density at radius 2 is 1.86 bits per heavy atom. The third kappa shape index (κ3) is 4.51. The molecule has 0 saturated carbocycles. The Kier molecular flexibility index (Phi) is 6.23. The number of likely N-dealkylation sites (N-methyl/N-ethyl adjacent to an activating group) is 1. The average molecular weight is 485 g/mol. The SMILES string of the molecule is CN1CCN(CCC2CCc3[nH]c(C=C4C(=O)Nc5cccc(-c6ccccc6F)c54)cc3C2)CC1. The third-order valence-corrected chi connectivity index (χ3v) is 8.06. The summed E-state index contributed by atoms with van der Waals surface area (Å²) in [7, 11) is 2.20. The van der Waals surface area contributed by atoms with E-state index in [2.05, 4.69) is 33.2 Å². The monoisotopic (exact) mass is 484 g/mol. The summed E-state index contributed by atoms with van der Waals surface area (Å²) in [5.41, 5.74) is 6.92. The van der Waals surface area contributed by atoms with E-state index in [1.54, 1.807) is 12.1 Å². The van der Waals surface area contributed by atoms with E-state index in [0.717, 1.165) is 35.3 Å². The van der Waals surface area contributed by atoms with Crippen molar-refractivity contribution in [2.75, 3.05) is 45.1 Å². The van der Waals surface area contributed by atoms with Crippen LogP contribution < -0.4 is 5.32 Å². The smallest absolute Gasteiger partial charge is 0.256 e. The van der Waals surface area contributed by atoms with Crippen molar-refractivity contribution in [2.45, 2.75) is 25.7 Å². The van der Waals surface area contributed by atoms with Gasteiger partial charge in [0.15, 0.2) is 0 Å². The molecule has 1 atom stereocenters. The van der Waals surface area contributed by atoms with Crippen LogP contribution in [0.3, 0.4) is 0 Å². The minimum Gasteiger partial charge on any atom is -0.359 e. The first kappa shape index (κ1) is 23.2. The summed E-state index contributed by atoms with van der Waals surface area (Å²) in [4.78, 5) is 21.5. The molecule has 3 aliphatic rings. The van der Waals surface area contributed by atoms with E-state index in [1.807, 2.05) is 30.3 Å². The predicted molar refractivity (Wildman–Crippen MR) is 143 cm³/mol. The van der Waals surface area contributed by atoms with Crippen LogP contribution in [0.5, 0.6) is 0 Å². The number of hydrogen-bond acceptors (Lipinski definition) is 3. The van der Waals surface area contributed by atoms with E-state index >= 15 is 0 Å². The van der Waals surface area contributed by atoms with Crippen molar-refractivity contribution in [2.24, 2.45) is 5.92 Å². The van der Waals surface area contributed by atoms with Gasteiger partial charge in [0.1, 0.15) is 5.82 Å². The molecule has 5 nitrogen and oxygen atoms in total. The fraction of sp³-hybridized carbons (Fsp3) is 0.367. The van der Waals surface area contributed by atoms with E-state index in [0.29, 0.717) is 17.1 Å². The van der Waals surface area contributed by atoms with E-state index in [1.165, 1.54) is 62.9 Å². The molecule has 0 spiro atoms. The van der Waals surface area contributed by atoms with E-state index in [-0.39, 0.29) is 11.7 Å². The van der Waals surface area contributed by atoms with Crippen molar-refractivity contribution >= 4 is 23.2 Å². The average Bonchev–Trinajstić information content (AvgIpc) is 3.43. The second kappa shape index (κ2) is 9.68. The molecule has 1 aliphatic carbocycles. The molecule has 3 heterocycles. The zero-order valence-corrected chi connectivity index (χ0v) is 20.8. The number of nitrogens with zero attached hydrogens (tertiary/aromatic N) is 2. The number of hydrogen-bond donors (Lipinski definition) is 2. The lowest BCUT2D eigenvalue weighted by Gasteiger charge is -2.33. The highest BCUT2D eigenvalue weighted by molar-refractivity contribution is 6.36. The number of aryl methyl sites for hydroxylation is 1. The van der Waals surface area contributed by atoms with Crippen LogP contribution in [0, 0.1) is 11.7 Å². The summed E-state index contributed by atoms with van der Waals surface area (Å²) in [5, 5.41) is 2.97. The minimum atomic E-state index is -0.289. The van der Waals surface area contributed by atoms with Crippen LogP contribution in [0.1, 0.15) is 35.4 Å².